The van der Waals surface area contributed by atoms with E-state index >= 15 is 0 Å². The summed E-state index contributed by atoms with van der Waals surface area (Å²) in [5.41, 5.74) is 1.87. The number of ether oxygens (including phenoxy) is 3. The topological polar surface area (TPSA) is 51.2 Å². The molecule has 1 spiro atoms. The van der Waals surface area contributed by atoms with Gasteiger partial charge >= 0.3 is 0 Å². The Labute approximate surface area is 125 Å². The van der Waals surface area contributed by atoms with Crippen molar-refractivity contribution in [3.8, 4) is 11.5 Å². The van der Waals surface area contributed by atoms with Crippen molar-refractivity contribution < 1.29 is 19.3 Å². The van der Waals surface area contributed by atoms with Crippen LogP contribution in [0, 0.1) is 0 Å². The van der Waals surface area contributed by atoms with Gasteiger partial charge in [-0.3, -0.25) is 0 Å². The molecule has 2 aliphatic rings. The molecular weight excluding hydrogens is 270 g/mol. The van der Waals surface area contributed by atoms with Gasteiger partial charge in [-0.15, -0.1) is 0 Å². The molecule has 0 saturated carbocycles. The molecule has 0 aromatic heterocycles. The third-order valence-corrected chi connectivity index (χ3v) is 4.70. The molecule has 2 aliphatic heterocycles. The van der Waals surface area contributed by atoms with Crippen LogP contribution < -0.4 is 4.74 Å². The average Bonchev–Trinajstić information content (AvgIpc) is 2.50. The first-order valence-electron chi connectivity index (χ1n) is 7.37. The number of rotatable bonds is 2. The summed E-state index contributed by atoms with van der Waals surface area (Å²) in [5.74, 6) is 0.683. The van der Waals surface area contributed by atoms with Gasteiger partial charge < -0.3 is 24.2 Å². The molecule has 5 heteroatoms. The van der Waals surface area contributed by atoms with E-state index in [1.807, 2.05) is 12.1 Å². The number of likely N-dealkylation sites (tertiary alicyclic amines) is 1. The minimum Gasteiger partial charge on any atom is -0.504 e. The smallest absolute Gasteiger partial charge is 0.162 e. The number of hydrogen-bond acceptors (Lipinski definition) is 5. The van der Waals surface area contributed by atoms with E-state index in [0.29, 0.717) is 12.2 Å². The van der Waals surface area contributed by atoms with E-state index < -0.39 is 0 Å². The lowest BCUT2D eigenvalue weighted by molar-refractivity contribution is -0.226. The van der Waals surface area contributed by atoms with Gasteiger partial charge in [0.1, 0.15) is 0 Å². The Bertz CT molecular complexity index is 523. The Kier molecular flexibility index (Phi) is 3.82. The maximum atomic E-state index is 10.1. The first kappa shape index (κ1) is 14.6. The highest BCUT2D eigenvalue weighted by molar-refractivity contribution is 5.49. The summed E-state index contributed by atoms with van der Waals surface area (Å²) in [6.45, 7) is 1.95. The molecule has 1 N–H and O–H groups in total. The van der Waals surface area contributed by atoms with Crippen LogP contribution in [0.5, 0.6) is 11.5 Å². The standard InChI is InChI=1S/C16H23NO4/c1-17-6-4-16(5-7-17)12-10-13(18)14(19-2)8-11(12)9-15(20-3)21-16/h8,10,15,18H,4-7,9H2,1-3H3/t15-/m0/s1. The Morgan fingerprint density at radius 3 is 2.62 bits per heavy atom. The van der Waals surface area contributed by atoms with Gasteiger partial charge in [0.15, 0.2) is 17.8 Å². The number of phenols is 1. The highest BCUT2D eigenvalue weighted by Crippen LogP contribution is 2.46. The zero-order chi connectivity index (χ0) is 15.0. The highest BCUT2D eigenvalue weighted by atomic mass is 16.7. The summed E-state index contributed by atoms with van der Waals surface area (Å²) >= 11 is 0. The Morgan fingerprint density at radius 2 is 2.00 bits per heavy atom. The second kappa shape index (κ2) is 5.48. The van der Waals surface area contributed by atoms with Crippen LogP contribution in [-0.2, 0) is 21.5 Å². The second-order valence-corrected chi connectivity index (χ2v) is 5.97. The van der Waals surface area contributed by atoms with E-state index in [2.05, 4.69) is 11.9 Å². The molecule has 5 nitrogen and oxygen atoms in total. The summed E-state index contributed by atoms with van der Waals surface area (Å²) < 4.78 is 17.0. The third-order valence-electron chi connectivity index (χ3n) is 4.70. The molecule has 21 heavy (non-hydrogen) atoms. The lowest BCUT2D eigenvalue weighted by Gasteiger charge is -2.46. The SMILES string of the molecule is COc1cc2c(cc1O)C1(CCN(C)CC1)O[C@H](OC)C2. The van der Waals surface area contributed by atoms with Crippen LogP contribution in [0.15, 0.2) is 12.1 Å². The molecule has 3 rings (SSSR count). The van der Waals surface area contributed by atoms with Gasteiger partial charge in [0.2, 0.25) is 0 Å². The van der Waals surface area contributed by atoms with E-state index in [0.717, 1.165) is 37.1 Å². The number of phenolic OH excluding ortho intramolecular Hbond substituents is 1. The number of aromatic hydroxyl groups is 1. The number of hydrogen-bond donors (Lipinski definition) is 1. The van der Waals surface area contributed by atoms with Crippen LogP contribution in [0.3, 0.4) is 0 Å². The van der Waals surface area contributed by atoms with E-state index in [9.17, 15) is 5.11 Å². The largest absolute Gasteiger partial charge is 0.504 e. The molecule has 1 fully saturated rings. The predicted molar refractivity (Wildman–Crippen MR) is 78.7 cm³/mol. The molecule has 116 valence electrons. The van der Waals surface area contributed by atoms with Gasteiger partial charge in [0.25, 0.3) is 0 Å². The lowest BCUT2D eigenvalue weighted by atomic mass is 9.79. The lowest BCUT2D eigenvalue weighted by Crippen LogP contribution is -2.48. The van der Waals surface area contributed by atoms with Crippen molar-refractivity contribution in [2.45, 2.75) is 31.2 Å². The van der Waals surface area contributed by atoms with E-state index in [1.54, 1.807) is 14.2 Å². The number of methoxy groups -OCH3 is 2. The molecule has 0 amide bonds. The fraction of sp³-hybridized carbons (Fsp3) is 0.625. The first-order valence-corrected chi connectivity index (χ1v) is 7.37. The number of nitrogens with zero attached hydrogens (tertiary/aromatic N) is 1. The van der Waals surface area contributed by atoms with Gasteiger partial charge in [-0.2, -0.15) is 0 Å². The molecule has 1 aromatic rings. The molecule has 0 bridgehead atoms. The van der Waals surface area contributed by atoms with E-state index in [1.165, 1.54) is 0 Å². The summed E-state index contributed by atoms with van der Waals surface area (Å²) in [5, 5.41) is 10.1. The van der Waals surface area contributed by atoms with Crippen molar-refractivity contribution in [1.82, 2.24) is 4.90 Å². The fourth-order valence-electron chi connectivity index (χ4n) is 3.40. The normalized spacial score (nSPS) is 24.8. The Hall–Kier alpha value is -1.30. The van der Waals surface area contributed by atoms with Gasteiger partial charge in [0, 0.05) is 26.6 Å². The molecule has 0 radical (unpaired) electrons. The van der Waals surface area contributed by atoms with Gasteiger partial charge in [-0.1, -0.05) is 0 Å². The van der Waals surface area contributed by atoms with Crippen LogP contribution in [0.1, 0.15) is 24.0 Å². The highest BCUT2D eigenvalue weighted by Gasteiger charge is 2.44. The third kappa shape index (κ3) is 2.50. The van der Waals surface area contributed by atoms with Crippen LogP contribution in [0.4, 0.5) is 0 Å². The summed E-state index contributed by atoms with van der Waals surface area (Å²) in [4.78, 5) is 2.30. The molecule has 2 heterocycles. The van der Waals surface area contributed by atoms with Crippen LogP contribution in [0.2, 0.25) is 0 Å². The maximum absolute atomic E-state index is 10.1. The molecule has 1 atom stereocenters. The Balaban J connectivity index is 2.05. The van der Waals surface area contributed by atoms with Crippen molar-refractivity contribution in [1.29, 1.82) is 0 Å². The molecule has 0 unspecified atom stereocenters. The van der Waals surface area contributed by atoms with Gasteiger partial charge in [-0.25, -0.2) is 0 Å². The zero-order valence-electron chi connectivity index (χ0n) is 12.9. The second-order valence-electron chi connectivity index (χ2n) is 5.97. The zero-order valence-corrected chi connectivity index (χ0v) is 12.9. The van der Waals surface area contributed by atoms with Crippen molar-refractivity contribution in [3.05, 3.63) is 23.3 Å². The fourth-order valence-corrected chi connectivity index (χ4v) is 3.40. The maximum Gasteiger partial charge on any atom is 0.162 e. The van der Waals surface area contributed by atoms with Gasteiger partial charge in [0.05, 0.1) is 12.7 Å². The Morgan fingerprint density at radius 1 is 1.29 bits per heavy atom. The van der Waals surface area contributed by atoms with Crippen molar-refractivity contribution >= 4 is 0 Å². The summed E-state index contributed by atoms with van der Waals surface area (Å²) in [6.07, 6.45) is 2.25. The predicted octanol–water partition coefficient (Wildman–Crippen LogP) is 1.87. The van der Waals surface area contributed by atoms with E-state index in [4.69, 9.17) is 14.2 Å². The molecule has 1 aromatic carbocycles. The van der Waals surface area contributed by atoms with Crippen molar-refractivity contribution in [2.24, 2.45) is 0 Å². The molecule has 1 saturated heterocycles. The quantitative estimate of drug-likeness (QED) is 0.902. The minimum absolute atomic E-state index is 0.175. The number of benzene rings is 1. The summed E-state index contributed by atoms with van der Waals surface area (Å²) in [7, 11) is 5.37. The number of piperidine rings is 1. The average molecular weight is 293 g/mol. The molecule has 0 aliphatic carbocycles. The van der Waals surface area contributed by atoms with Crippen LogP contribution >= 0.6 is 0 Å². The van der Waals surface area contributed by atoms with Crippen LogP contribution in [0.25, 0.3) is 0 Å². The van der Waals surface area contributed by atoms with E-state index in [-0.39, 0.29) is 17.6 Å². The minimum atomic E-state index is -0.357. The molecular formula is C16H23NO4. The van der Waals surface area contributed by atoms with Gasteiger partial charge in [-0.05, 0) is 43.1 Å². The number of fused-ring (bicyclic) bond motifs is 2. The van der Waals surface area contributed by atoms with Crippen molar-refractivity contribution in [2.75, 3.05) is 34.4 Å². The summed E-state index contributed by atoms with van der Waals surface area (Å²) in [6, 6.07) is 3.73. The van der Waals surface area contributed by atoms with Crippen LogP contribution in [-0.4, -0.2) is 50.7 Å². The first-order chi connectivity index (χ1) is 10.1. The monoisotopic (exact) mass is 293 g/mol. The van der Waals surface area contributed by atoms with Crippen molar-refractivity contribution in [3.63, 3.8) is 0 Å².